The molecule has 0 amide bonds. The van der Waals surface area contributed by atoms with Crippen molar-refractivity contribution in [3.63, 3.8) is 0 Å². The highest BCUT2D eigenvalue weighted by molar-refractivity contribution is 4.77. The Labute approximate surface area is 86.6 Å². The molecule has 4 nitrogen and oxygen atoms in total. The Morgan fingerprint density at radius 1 is 1.14 bits per heavy atom. The molecular formula is C10H23NO3. The predicted molar refractivity (Wildman–Crippen MR) is 56.0 cm³/mol. The van der Waals surface area contributed by atoms with Gasteiger partial charge in [-0.1, -0.05) is 0 Å². The maximum absolute atomic E-state index is 10.0. The highest BCUT2D eigenvalue weighted by atomic mass is 16.7. The molecule has 2 N–H and O–H groups in total. The standard InChI is InChI=1S/C10H23NO3/c1-6-13-8-10(12,14-7-2)11-9(3,4)5/h11-12H,6-8H2,1-5H3. The Kier molecular flexibility index (Phi) is 5.59. The summed E-state index contributed by atoms with van der Waals surface area (Å²) in [5.74, 6) is -1.39. The van der Waals surface area contributed by atoms with Crippen LogP contribution in [-0.2, 0) is 9.47 Å². The van der Waals surface area contributed by atoms with Crippen molar-refractivity contribution in [1.29, 1.82) is 0 Å². The maximum Gasteiger partial charge on any atom is 0.249 e. The fourth-order valence-electron chi connectivity index (χ4n) is 1.18. The second-order valence-electron chi connectivity index (χ2n) is 4.23. The molecule has 0 aromatic heterocycles. The van der Waals surface area contributed by atoms with Crippen LogP contribution in [0, 0.1) is 0 Å². The third-order valence-corrected chi connectivity index (χ3v) is 1.46. The van der Waals surface area contributed by atoms with Crippen LogP contribution in [0.1, 0.15) is 34.6 Å². The van der Waals surface area contributed by atoms with Crippen molar-refractivity contribution in [2.24, 2.45) is 0 Å². The number of ether oxygens (including phenoxy) is 2. The van der Waals surface area contributed by atoms with Gasteiger partial charge in [-0.05, 0) is 34.6 Å². The Hall–Kier alpha value is -0.160. The third kappa shape index (κ3) is 6.32. The summed E-state index contributed by atoms with van der Waals surface area (Å²) in [5, 5.41) is 13.0. The number of rotatable bonds is 6. The number of hydrogen-bond acceptors (Lipinski definition) is 4. The molecule has 0 fully saturated rings. The van der Waals surface area contributed by atoms with E-state index < -0.39 is 5.91 Å². The van der Waals surface area contributed by atoms with Crippen molar-refractivity contribution >= 4 is 0 Å². The van der Waals surface area contributed by atoms with E-state index in [9.17, 15) is 5.11 Å². The Morgan fingerprint density at radius 3 is 2.07 bits per heavy atom. The summed E-state index contributed by atoms with van der Waals surface area (Å²) in [6.07, 6.45) is 0. The topological polar surface area (TPSA) is 50.7 Å². The van der Waals surface area contributed by atoms with Crippen LogP contribution in [0.25, 0.3) is 0 Å². The predicted octanol–water partition coefficient (Wildman–Crippen LogP) is 1.09. The van der Waals surface area contributed by atoms with Crippen molar-refractivity contribution in [2.45, 2.75) is 46.1 Å². The van der Waals surface area contributed by atoms with E-state index in [0.717, 1.165) is 0 Å². The smallest absolute Gasteiger partial charge is 0.249 e. The molecule has 0 saturated heterocycles. The van der Waals surface area contributed by atoms with Gasteiger partial charge in [0.25, 0.3) is 0 Å². The molecule has 4 heteroatoms. The third-order valence-electron chi connectivity index (χ3n) is 1.46. The van der Waals surface area contributed by atoms with Gasteiger partial charge in [-0.25, -0.2) is 0 Å². The molecule has 0 heterocycles. The van der Waals surface area contributed by atoms with E-state index in [1.807, 2.05) is 34.6 Å². The second-order valence-corrected chi connectivity index (χ2v) is 4.23. The number of nitrogens with one attached hydrogen (secondary N) is 1. The molecule has 14 heavy (non-hydrogen) atoms. The molecule has 0 bridgehead atoms. The van der Waals surface area contributed by atoms with Crippen molar-refractivity contribution in [3.8, 4) is 0 Å². The van der Waals surface area contributed by atoms with E-state index in [1.165, 1.54) is 0 Å². The molecule has 86 valence electrons. The van der Waals surface area contributed by atoms with E-state index in [2.05, 4.69) is 5.32 Å². The summed E-state index contributed by atoms with van der Waals surface area (Å²) >= 11 is 0. The lowest BCUT2D eigenvalue weighted by Crippen LogP contribution is -2.58. The molecule has 1 unspecified atom stereocenters. The molecule has 0 spiro atoms. The van der Waals surface area contributed by atoms with Gasteiger partial charge in [-0.15, -0.1) is 0 Å². The van der Waals surface area contributed by atoms with Crippen molar-refractivity contribution in [1.82, 2.24) is 5.32 Å². The van der Waals surface area contributed by atoms with E-state index >= 15 is 0 Å². The zero-order valence-corrected chi connectivity index (χ0v) is 9.89. The minimum absolute atomic E-state index is 0.134. The summed E-state index contributed by atoms with van der Waals surface area (Å²) in [7, 11) is 0. The monoisotopic (exact) mass is 205 g/mol. The van der Waals surface area contributed by atoms with Gasteiger partial charge < -0.3 is 14.6 Å². The number of hydrogen-bond donors (Lipinski definition) is 2. The normalized spacial score (nSPS) is 16.7. The lowest BCUT2D eigenvalue weighted by molar-refractivity contribution is -0.257. The molecule has 0 aliphatic rings. The molecular weight excluding hydrogens is 182 g/mol. The highest BCUT2D eigenvalue weighted by Gasteiger charge is 2.32. The van der Waals surface area contributed by atoms with Crippen LogP contribution in [0.15, 0.2) is 0 Å². The van der Waals surface area contributed by atoms with Gasteiger partial charge in [-0.3, -0.25) is 5.32 Å². The number of aliphatic hydroxyl groups is 1. The fourth-order valence-corrected chi connectivity index (χ4v) is 1.18. The van der Waals surface area contributed by atoms with E-state index in [4.69, 9.17) is 9.47 Å². The van der Waals surface area contributed by atoms with Gasteiger partial charge in [0.15, 0.2) is 0 Å². The van der Waals surface area contributed by atoms with E-state index in [1.54, 1.807) is 0 Å². The first-order valence-electron chi connectivity index (χ1n) is 5.06. The summed E-state index contributed by atoms with van der Waals surface area (Å²) in [4.78, 5) is 0. The summed E-state index contributed by atoms with van der Waals surface area (Å²) < 4.78 is 10.4. The van der Waals surface area contributed by atoms with Gasteiger partial charge >= 0.3 is 0 Å². The SMILES string of the molecule is CCOCC(O)(NC(C)(C)C)OCC. The van der Waals surface area contributed by atoms with Crippen molar-refractivity contribution in [2.75, 3.05) is 19.8 Å². The molecule has 0 aromatic rings. The average Bonchev–Trinajstić information content (AvgIpc) is 1.98. The average molecular weight is 205 g/mol. The maximum atomic E-state index is 10.0. The molecule has 0 aliphatic carbocycles. The van der Waals surface area contributed by atoms with Gasteiger partial charge in [0.2, 0.25) is 5.91 Å². The first-order valence-corrected chi connectivity index (χ1v) is 5.06. The zero-order valence-electron chi connectivity index (χ0n) is 9.89. The van der Waals surface area contributed by atoms with Gasteiger partial charge in [0, 0.05) is 18.8 Å². The van der Waals surface area contributed by atoms with Gasteiger partial charge in [0.05, 0.1) is 0 Å². The van der Waals surface area contributed by atoms with Crippen LogP contribution in [0.5, 0.6) is 0 Å². The van der Waals surface area contributed by atoms with Gasteiger partial charge in [0.1, 0.15) is 6.61 Å². The minimum Gasteiger partial charge on any atom is -0.375 e. The summed E-state index contributed by atoms with van der Waals surface area (Å²) in [6, 6.07) is 0. The molecule has 0 radical (unpaired) electrons. The molecule has 0 aromatic carbocycles. The molecule has 0 rings (SSSR count). The second kappa shape index (κ2) is 5.66. The Morgan fingerprint density at radius 2 is 1.71 bits per heavy atom. The van der Waals surface area contributed by atoms with Crippen LogP contribution in [0.4, 0.5) is 0 Å². The molecule has 0 aliphatic heterocycles. The zero-order chi connectivity index (χ0) is 11.2. The lowest BCUT2D eigenvalue weighted by atomic mass is 10.1. The largest absolute Gasteiger partial charge is 0.375 e. The van der Waals surface area contributed by atoms with Crippen LogP contribution < -0.4 is 5.32 Å². The lowest BCUT2D eigenvalue weighted by Gasteiger charge is -2.35. The van der Waals surface area contributed by atoms with Crippen LogP contribution in [0.2, 0.25) is 0 Å². The first-order chi connectivity index (χ1) is 6.33. The Bertz CT molecular complexity index is 156. The summed E-state index contributed by atoms with van der Waals surface area (Å²) in [6.45, 7) is 10.7. The fraction of sp³-hybridized carbons (Fsp3) is 1.00. The first kappa shape index (κ1) is 13.8. The van der Waals surface area contributed by atoms with Crippen molar-refractivity contribution < 1.29 is 14.6 Å². The minimum atomic E-state index is -1.39. The van der Waals surface area contributed by atoms with Crippen LogP contribution >= 0.6 is 0 Å². The summed E-state index contributed by atoms with van der Waals surface area (Å²) in [5.41, 5.74) is -0.221. The van der Waals surface area contributed by atoms with Crippen LogP contribution in [0.3, 0.4) is 0 Å². The highest BCUT2D eigenvalue weighted by Crippen LogP contribution is 2.11. The van der Waals surface area contributed by atoms with Crippen molar-refractivity contribution in [3.05, 3.63) is 0 Å². The quantitative estimate of drug-likeness (QED) is 0.637. The van der Waals surface area contributed by atoms with Gasteiger partial charge in [-0.2, -0.15) is 0 Å². The van der Waals surface area contributed by atoms with E-state index in [0.29, 0.717) is 13.2 Å². The van der Waals surface area contributed by atoms with E-state index in [-0.39, 0.29) is 12.1 Å². The Balaban J connectivity index is 4.23. The van der Waals surface area contributed by atoms with Crippen LogP contribution in [-0.4, -0.2) is 36.4 Å². The molecule has 0 saturated carbocycles. The molecule has 1 atom stereocenters.